The molecule has 1 aliphatic rings. The Hall–Kier alpha value is -1.26. The molecule has 1 fully saturated rings. The second kappa shape index (κ2) is 6.95. The molecule has 1 aromatic carbocycles. The van der Waals surface area contributed by atoms with Crippen LogP contribution in [0.2, 0.25) is 0 Å². The molecule has 1 aromatic rings. The lowest BCUT2D eigenvalue weighted by Crippen LogP contribution is -2.30. The van der Waals surface area contributed by atoms with E-state index in [0.29, 0.717) is 5.92 Å². The van der Waals surface area contributed by atoms with E-state index in [2.05, 4.69) is 18.0 Å². The van der Waals surface area contributed by atoms with Gasteiger partial charge in [-0.3, -0.25) is 0 Å². The minimum absolute atomic E-state index is 0.0433. The van der Waals surface area contributed by atoms with Gasteiger partial charge in [-0.1, -0.05) is 6.07 Å². The first-order valence-corrected chi connectivity index (χ1v) is 7.34. The summed E-state index contributed by atoms with van der Waals surface area (Å²) >= 11 is 0. The minimum atomic E-state index is -0.0433. The molecule has 0 radical (unpaired) electrons. The molecule has 0 aliphatic carbocycles. The lowest BCUT2D eigenvalue weighted by atomic mass is 9.98. The Labute approximate surface area is 121 Å². The Bertz CT molecular complexity index is 428. The highest BCUT2D eigenvalue weighted by Crippen LogP contribution is 2.33. The van der Waals surface area contributed by atoms with Crippen LogP contribution in [0, 0.1) is 5.92 Å². The van der Waals surface area contributed by atoms with E-state index in [-0.39, 0.29) is 6.04 Å². The van der Waals surface area contributed by atoms with Gasteiger partial charge in [-0.25, -0.2) is 0 Å². The van der Waals surface area contributed by atoms with Crippen molar-refractivity contribution in [3.8, 4) is 5.75 Å². The maximum atomic E-state index is 6.14. The fourth-order valence-electron chi connectivity index (χ4n) is 2.92. The Balaban J connectivity index is 2.17. The molecule has 1 saturated heterocycles. The van der Waals surface area contributed by atoms with Crippen LogP contribution in [0.1, 0.15) is 31.4 Å². The van der Waals surface area contributed by atoms with Crippen molar-refractivity contribution < 1.29 is 9.47 Å². The van der Waals surface area contributed by atoms with Gasteiger partial charge in [0.05, 0.1) is 7.11 Å². The van der Waals surface area contributed by atoms with Gasteiger partial charge in [0.2, 0.25) is 0 Å². The number of rotatable bonds is 5. The molecule has 4 nitrogen and oxygen atoms in total. The summed E-state index contributed by atoms with van der Waals surface area (Å²) in [6, 6.07) is 6.09. The number of hydrogen-bond acceptors (Lipinski definition) is 4. The van der Waals surface area contributed by atoms with Gasteiger partial charge >= 0.3 is 0 Å². The van der Waals surface area contributed by atoms with Crippen LogP contribution in [0.15, 0.2) is 18.2 Å². The zero-order chi connectivity index (χ0) is 14.5. The van der Waals surface area contributed by atoms with Gasteiger partial charge in [0, 0.05) is 44.1 Å². The van der Waals surface area contributed by atoms with Gasteiger partial charge in [-0.15, -0.1) is 0 Å². The van der Waals surface area contributed by atoms with E-state index < -0.39 is 0 Å². The van der Waals surface area contributed by atoms with Gasteiger partial charge in [0.25, 0.3) is 0 Å². The second-order valence-corrected chi connectivity index (χ2v) is 5.62. The molecule has 0 unspecified atom stereocenters. The smallest absolute Gasteiger partial charge is 0.125 e. The molecular weight excluding hydrogens is 252 g/mol. The van der Waals surface area contributed by atoms with E-state index in [1.807, 2.05) is 19.1 Å². The molecule has 20 heavy (non-hydrogen) atoms. The first-order valence-electron chi connectivity index (χ1n) is 7.34. The predicted molar refractivity (Wildman–Crippen MR) is 82.4 cm³/mol. The van der Waals surface area contributed by atoms with E-state index in [1.165, 1.54) is 5.69 Å². The van der Waals surface area contributed by atoms with Crippen molar-refractivity contribution in [1.29, 1.82) is 0 Å². The van der Waals surface area contributed by atoms with E-state index in [9.17, 15) is 0 Å². The second-order valence-electron chi connectivity index (χ2n) is 5.62. The number of methoxy groups -OCH3 is 1. The third-order valence-electron chi connectivity index (χ3n) is 4.00. The highest BCUT2D eigenvalue weighted by atomic mass is 16.5. The van der Waals surface area contributed by atoms with Crippen molar-refractivity contribution in [2.45, 2.75) is 25.8 Å². The van der Waals surface area contributed by atoms with Gasteiger partial charge < -0.3 is 20.1 Å². The standard InChI is InChI=1S/C16H26N2O2/c1-12(17)16-14(5-4-6-15(16)19-3)18(2)11-13-7-9-20-10-8-13/h4-6,12-13H,7-11,17H2,1-3H3/t12-/m0/s1. The maximum absolute atomic E-state index is 6.14. The van der Waals surface area contributed by atoms with Crippen molar-refractivity contribution in [2.75, 3.05) is 38.8 Å². The SMILES string of the molecule is COc1cccc(N(C)CC2CCOCC2)c1[C@H](C)N. The largest absolute Gasteiger partial charge is 0.496 e. The molecule has 2 rings (SSSR count). The molecule has 112 valence electrons. The molecule has 1 atom stereocenters. The summed E-state index contributed by atoms with van der Waals surface area (Å²) in [5, 5.41) is 0. The number of nitrogens with zero attached hydrogens (tertiary/aromatic N) is 1. The molecule has 2 N–H and O–H groups in total. The summed E-state index contributed by atoms with van der Waals surface area (Å²) < 4.78 is 10.9. The van der Waals surface area contributed by atoms with E-state index >= 15 is 0 Å². The van der Waals surface area contributed by atoms with Crippen LogP contribution in [0.5, 0.6) is 5.75 Å². The van der Waals surface area contributed by atoms with Crippen molar-refractivity contribution >= 4 is 5.69 Å². The third kappa shape index (κ3) is 3.44. The quantitative estimate of drug-likeness (QED) is 0.899. The summed E-state index contributed by atoms with van der Waals surface area (Å²) in [6.07, 6.45) is 2.28. The van der Waals surface area contributed by atoms with Gasteiger partial charge in [0.15, 0.2) is 0 Å². The minimum Gasteiger partial charge on any atom is -0.496 e. The van der Waals surface area contributed by atoms with E-state index in [0.717, 1.165) is 43.9 Å². The van der Waals surface area contributed by atoms with E-state index in [1.54, 1.807) is 7.11 Å². The Morgan fingerprint density at radius 1 is 1.40 bits per heavy atom. The van der Waals surface area contributed by atoms with Crippen LogP contribution in [-0.2, 0) is 4.74 Å². The monoisotopic (exact) mass is 278 g/mol. The lowest BCUT2D eigenvalue weighted by molar-refractivity contribution is 0.0685. The average molecular weight is 278 g/mol. The molecule has 0 amide bonds. The van der Waals surface area contributed by atoms with Crippen LogP contribution < -0.4 is 15.4 Å². The zero-order valence-corrected chi connectivity index (χ0v) is 12.8. The van der Waals surface area contributed by atoms with Crippen LogP contribution in [0.4, 0.5) is 5.69 Å². The fourth-order valence-corrected chi connectivity index (χ4v) is 2.92. The Morgan fingerprint density at radius 3 is 2.70 bits per heavy atom. The van der Waals surface area contributed by atoms with Crippen molar-refractivity contribution in [1.82, 2.24) is 0 Å². The fraction of sp³-hybridized carbons (Fsp3) is 0.625. The molecule has 1 heterocycles. The van der Waals surface area contributed by atoms with Crippen molar-refractivity contribution in [2.24, 2.45) is 11.7 Å². The van der Waals surface area contributed by atoms with Crippen molar-refractivity contribution in [3.63, 3.8) is 0 Å². The van der Waals surface area contributed by atoms with Gasteiger partial charge in [0.1, 0.15) is 5.75 Å². The highest BCUT2D eigenvalue weighted by Gasteiger charge is 2.20. The summed E-state index contributed by atoms with van der Waals surface area (Å²) in [4.78, 5) is 2.30. The molecule has 0 saturated carbocycles. The predicted octanol–water partition coefficient (Wildman–Crippen LogP) is 2.58. The lowest BCUT2D eigenvalue weighted by Gasteiger charge is -2.31. The number of benzene rings is 1. The molecule has 1 aliphatic heterocycles. The Kier molecular flexibility index (Phi) is 5.26. The van der Waals surface area contributed by atoms with Crippen LogP contribution in [0.25, 0.3) is 0 Å². The number of ether oxygens (including phenoxy) is 2. The summed E-state index contributed by atoms with van der Waals surface area (Å²) in [5.74, 6) is 1.57. The first kappa shape index (κ1) is 15.1. The van der Waals surface area contributed by atoms with Gasteiger partial charge in [-0.2, -0.15) is 0 Å². The summed E-state index contributed by atoms with van der Waals surface area (Å²) in [6.45, 7) is 4.81. The van der Waals surface area contributed by atoms with E-state index in [4.69, 9.17) is 15.2 Å². The molecule has 0 bridgehead atoms. The Morgan fingerprint density at radius 2 is 2.10 bits per heavy atom. The molecule has 4 heteroatoms. The molecule has 0 aromatic heterocycles. The maximum Gasteiger partial charge on any atom is 0.125 e. The van der Waals surface area contributed by atoms with Crippen LogP contribution in [-0.4, -0.2) is 33.9 Å². The summed E-state index contributed by atoms with van der Waals surface area (Å²) in [7, 11) is 3.83. The highest BCUT2D eigenvalue weighted by molar-refractivity contribution is 5.60. The number of nitrogens with two attached hydrogens (primary N) is 1. The topological polar surface area (TPSA) is 47.7 Å². The average Bonchev–Trinajstić information content (AvgIpc) is 2.47. The molecular formula is C16H26N2O2. The number of anilines is 1. The summed E-state index contributed by atoms with van der Waals surface area (Å²) in [5.41, 5.74) is 8.39. The van der Waals surface area contributed by atoms with Crippen LogP contribution in [0.3, 0.4) is 0 Å². The normalized spacial score (nSPS) is 17.8. The van der Waals surface area contributed by atoms with Crippen molar-refractivity contribution in [3.05, 3.63) is 23.8 Å². The van der Waals surface area contributed by atoms with Crippen LogP contribution >= 0.6 is 0 Å². The number of hydrogen-bond donors (Lipinski definition) is 1. The third-order valence-corrected chi connectivity index (χ3v) is 4.00. The first-order chi connectivity index (χ1) is 9.63. The van der Waals surface area contributed by atoms with Gasteiger partial charge in [-0.05, 0) is 37.8 Å². The molecule has 0 spiro atoms. The zero-order valence-electron chi connectivity index (χ0n) is 12.8.